The fourth-order valence-electron chi connectivity index (χ4n) is 3.15. The first-order chi connectivity index (χ1) is 16.1. The van der Waals surface area contributed by atoms with Crippen molar-refractivity contribution in [3.05, 3.63) is 88.2 Å². The number of non-ortho nitro benzene ring substituents is 1. The summed E-state index contributed by atoms with van der Waals surface area (Å²) in [4.78, 5) is 23.2. The molecule has 3 rings (SSSR count). The number of hydrogen-bond acceptors (Lipinski definition) is 6. The minimum absolute atomic E-state index is 0.000986. The van der Waals surface area contributed by atoms with Crippen LogP contribution >= 0.6 is 0 Å². The summed E-state index contributed by atoms with van der Waals surface area (Å²) in [6, 6.07) is 14.2. The molecule has 3 aromatic carbocycles. The normalized spacial score (nSPS) is 11.3. The van der Waals surface area contributed by atoms with E-state index in [1.165, 1.54) is 65.0 Å². The van der Waals surface area contributed by atoms with Crippen molar-refractivity contribution in [2.24, 2.45) is 0 Å². The van der Waals surface area contributed by atoms with E-state index in [0.29, 0.717) is 0 Å². The van der Waals surface area contributed by atoms with Gasteiger partial charge in [0.1, 0.15) is 11.6 Å². The van der Waals surface area contributed by atoms with E-state index >= 15 is 0 Å². The van der Waals surface area contributed by atoms with Crippen LogP contribution in [0.2, 0.25) is 0 Å². The second-order valence-electron chi connectivity index (χ2n) is 7.06. The fraction of sp³-hybridized carbons (Fsp3) is 0.174. The van der Waals surface area contributed by atoms with E-state index < -0.39 is 26.7 Å². The molecule has 0 heterocycles. The lowest BCUT2D eigenvalue weighted by Gasteiger charge is -2.20. The number of nitrogens with zero attached hydrogens (tertiary/aromatic N) is 2. The third kappa shape index (κ3) is 5.56. The number of benzene rings is 3. The zero-order valence-corrected chi connectivity index (χ0v) is 19.2. The Morgan fingerprint density at radius 2 is 1.74 bits per heavy atom. The first-order valence-electron chi connectivity index (χ1n) is 10.3. The van der Waals surface area contributed by atoms with Gasteiger partial charge in [-0.05, 0) is 48.5 Å². The SMILES string of the molecule is CCN(CC)S(=O)(=O)c1ccc(Oc2ccc(F)cc2)c(NC(=O)c2cccc([N+](=O)[O-])c2)c1. The number of sulfonamides is 1. The van der Waals surface area contributed by atoms with Gasteiger partial charge in [-0.3, -0.25) is 14.9 Å². The van der Waals surface area contributed by atoms with Crippen molar-refractivity contribution in [1.82, 2.24) is 4.31 Å². The quantitative estimate of drug-likeness (QED) is 0.342. The molecule has 0 unspecified atom stereocenters. The number of carbonyl (C=O) groups is 1. The molecule has 0 saturated carbocycles. The molecule has 0 aromatic heterocycles. The van der Waals surface area contributed by atoms with Crippen molar-refractivity contribution in [2.75, 3.05) is 18.4 Å². The lowest BCUT2D eigenvalue weighted by atomic mass is 10.2. The predicted molar refractivity (Wildman–Crippen MR) is 124 cm³/mol. The smallest absolute Gasteiger partial charge is 0.270 e. The topological polar surface area (TPSA) is 119 Å². The van der Waals surface area contributed by atoms with Crippen LogP contribution in [0.25, 0.3) is 0 Å². The van der Waals surface area contributed by atoms with E-state index in [1.807, 2.05) is 0 Å². The molecular weight excluding hydrogens is 465 g/mol. The third-order valence-corrected chi connectivity index (χ3v) is 6.95. The molecule has 0 aliphatic heterocycles. The summed E-state index contributed by atoms with van der Waals surface area (Å²) < 4.78 is 46.2. The number of carbonyl (C=O) groups excluding carboxylic acids is 1. The highest BCUT2D eigenvalue weighted by molar-refractivity contribution is 7.89. The largest absolute Gasteiger partial charge is 0.455 e. The van der Waals surface area contributed by atoms with Gasteiger partial charge in [0.2, 0.25) is 10.0 Å². The minimum atomic E-state index is -3.85. The highest BCUT2D eigenvalue weighted by Crippen LogP contribution is 2.33. The molecule has 34 heavy (non-hydrogen) atoms. The van der Waals surface area contributed by atoms with E-state index in [1.54, 1.807) is 13.8 Å². The van der Waals surface area contributed by atoms with Crippen LogP contribution in [0.4, 0.5) is 15.8 Å². The van der Waals surface area contributed by atoms with Crippen molar-refractivity contribution in [1.29, 1.82) is 0 Å². The lowest BCUT2D eigenvalue weighted by molar-refractivity contribution is -0.384. The van der Waals surface area contributed by atoms with Crippen LogP contribution in [0, 0.1) is 15.9 Å². The summed E-state index contributed by atoms with van der Waals surface area (Å²) in [5.41, 5.74) is -0.249. The van der Waals surface area contributed by atoms with Crippen molar-refractivity contribution in [3.63, 3.8) is 0 Å². The maximum atomic E-state index is 13.2. The second kappa shape index (κ2) is 10.4. The van der Waals surface area contributed by atoms with E-state index in [9.17, 15) is 27.7 Å². The Bertz CT molecular complexity index is 1310. The van der Waals surface area contributed by atoms with Gasteiger partial charge in [-0.15, -0.1) is 0 Å². The minimum Gasteiger partial charge on any atom is -0.455 e. The molecule has 0 fully saturated rings. The van der Waals surface area contributed by atoms with Crippen LogP contribution in [0.3, 0.4) is 0 Å². The monoisotopic (exact) mass is 487 g/mol. The van der Waals surface area contributed by atoms with Crippen LogP contribution in [0.1, 0.15) is 24.2 Å². The van der Waals surface area contributed by atoms with Crippen molar-refractivity contribution in [3.8, 4) is 11.5 Å². The van der Waals surface area contributed by atoms with Gasteiger partial charge in [-0.25, -0.2) is 12.8 Å². The van der Waals surface area contributed by atoms with E-state index in [0.717, 1.165) is 6.07 Å². The number of halogens is 1. The van der Waals surface area contributed by atoms with Gasteiger partial charge in [0.15, 0.2) is 5.75 Å². The van der Waals surface area contributed by atoms with Crippen LogP contribution in [-0.4, -0.2) is 36.6 Å². The first kappa shape index (κ1) is 24.8. The van der Waals surface area contributed by atoms with Crippen molar-refractivity contribution < 1.29 is 27.3 Å². The van der Waals surface area contributed by atoms with E-state index in [2.05, 4.69) is 5.32 Å². The Balaban J connectivity index is 2.03. The number of rotatable bonds is 9. The molecule has 0 saturated heterocycles. The van der Waals surface area contributed by atoms with Gasteiger partial charge in [-0.2, -0.15) is 4.31 Å². The van der Waals surface area contributed by atoms with Gasteiger partial charge in [-0.1, -0.05) is 19.9 Å². The fourth-order valence-corrected chi connectivity index (χ4v) is 4.64. The summed E-state index contributed by atoms with van der Waals surface area (Å²) >= 11 is 0. The number of ether oxygens (including phenoxy) is 1. The Morgan fingerprint density at radius 3 is 2.35 bits per heavy atom. The third-order valence-electron chi connectivity index (χ3n) is 4.90. The molecule has 1 amide bonds. The Kier molecular flexibility index (Phi) is 7.59. The van der Waals surface area contributed by atoms with Gasteiger partial charge in [0.25, 0.3) is 11.6 Å². The van der Waals surface area contributed by atoms with Gasteiger partial charge < -0.3 is 10.1 Å². The maximum Gasteiger partial charge on any atom is 0.270 e. The van der Waals surface area contributed by atoms with Gasteiger partial charge >= 0.3 is 0 Å². The van der Waals surface area contributed by atoms with Crippen molar-refractivity contribution >= 4 is 27.3 Å². The predicted octanol–water partition coefficient (Wildman–Crippen LogP) is 4.81. The second-order valence-corrected chi connectivity index (χ2v) is 9.00. The molecule has 0 aliphatic carbocycles. The lowest BCUT2D eigenvalue weighted by Crippen LogP contribution is -2.30. The Labute approximate surface area is 196 Å². The molecule has 9 nitrogen and oxygen atoms in total. The Hall–Kier alpha value is -3.83. The van der Waals surface area contributed by atoms with Crippen LogP contribution in [0.5, 0.6) is 11.5 Å². The van der Waals surface area contributed by atoms with E-state index in [4.69, 9.17) is 4.74 Å². The average Bonchev–Trinajstić information content (AvgIpc) is 2.82. The molecule has 3 aromatic rings. The van der Waals surface area contributed by atoms with E-state index in [-0.39, 0.29) is 46.4 Å². The van der Waals surface area contributed by atoms with Crippen LogP contribution < -0.4 is 10.1 Å². The first-order valence-corrected chi connectivity index (χ1v) is 11.7. The highest BCUT2D eigenvalue weighted by Gasteiger charge is 2.24. The number of hydrogen-bond donors (Lipinski definition) is 1. The summed E-state index contributed by atoms with van der Waals surface area (Å²) in [6.07, 6.45) is 0. The molecule has 0 atom stereocenters. The number of anilines is 1. The summed E-state index contributed by atoms with van der Waals surface area (Å²) in [5.74, 6) is -0.812. The summed E-state index contributed by atoms with van der Waals surface area (Å²) in [7, 11) is -3.85. The molecule has 11 heteroatoms. The van der Waals surface area contributed by atoms with Gasteiger partial charge in [0.05, 0.1) is 15.5 Å². The molecular formula is C23H22FN3O6S. The summed E-state index contributed by atoms with van der Waals surface area (Å²) in [5, 5.41) is 13.6. The molecule has 0 bridgehead atoms. The standard InChI is InChI=1S/C23H22FN3O6S/c1-3-26(4-2)34(31,32)20-12-13-22(33-19-10-8-17(24)9-11-19)21(15-20)25-23(28)16-6-5-7-18(14-16)27(29)30/h5-15H,3-4H2,1-2H3,(H,25,28). The highest BCUT2D eigenvalue weighted by atomic mass is 32.2. The molecule has 0 radical (unpaired) electrons. The molecule has 0 spiro atoms. The zero-order valence-electron chi connectivity index (χ0n) is 18.4. The summed E-state index contributed by atoms with van der Waals surface area (Å²) in [6.45, 7) is 3.92. The van der Waals surface area contributed by atoms with Crippen LogP contribution in [-0.2, 0) is 10.0 Å². The Morgan fingerprint density at radius 1 is 1.06 bits per heavy atom. The zero-order chi connectivity index (χ0) is 24.9. The number of nitro benzene ring substituents is 1. The average molecular weight is 488 g/mol. The molecule has 178 valence electrons. The molecule has 1 N–H and O–H groups in total. The van der Waals surface area contributed by atoms with Gasteiger partial charge in [0, 0.05) is 30.8 Å². The maximum absolute atomic E-state index is 13.2. The number of nitro groups is 1. The number of amides is 1. The number of nitrogens with one attached hydrogen (secondary N) is 1. The van der Waals surface area contributed by atoms with Crippen molar-refractivity contribution in [2.45, 2.75) is 18.7 Å². The van der Waals surface area contributed by atoms with Crippen LogP contribution in [0.15, 0.2) is 71.6 Å². The molecule has 0 aliphatic rings.